The Bertz CT molecular complexity index is 380. The summed E-state index contributed by atoms with van der Waals surface area (Å²) in [6.07, 6.45) is 2.27. The quantitative estimate of drug-likeness (QED) is 0.781. The number of fused-ring (bicyclic) bond motifs is 2. The molecule has 0 radical (unpaired) electrons. The third-order valence-corrected chi connectivity index (χ3v) is 4.27. The van der Waals surface area contributed by atoms with Crippen molar-refractivity contribution in [1.82, 2.24) is 0 Å². The lowest BCUT2D eigenvalue weighted by Crippen LogP contribution is -2.35. The average molecular weight is 268 g/mol. The molecule has 1 aromatic carbocycles. The summed E-state index contributed by atoms with van der Waals surface area (Å²) in [5.41, 5.74) is 3.08. The second-order valence-corrected chi connectivity index (χ2v) is 5.26. The molecule has 3 heteroatoms. The standard InChI is InChI=1S/C12H14BrNO/c13-9-2-1-3-10-11(9)12(8-14-10)4-6-15-7-5-12/h1-3,14H,4-8H2. The minimum atomic E-state index is 0.313. The first-order valence-corrected chi connectivity index (χ1v) is 6.22. The van der Waals surface area contributed by atoms with Crippen molar-refractivity contribution in [1.29, 1.82) is 0 Å². The SMILES string of the molecule is Brc1cccc2c1C1(CCOCC1)CN2. The van der Waals surface area contributed by atoms with Crippen molar-refractivity contribution in [2.75, 3.05) is 25.1 Å². The highest BCUT2D eigenvalue weighted by Crippen LogP contribution is 2.46. The molecule has 15 heavy (non-hydrogen) atoms. The highest BCUT2D eigenvalue weighted by molar-refractivity contribution is 9.10. The molecule has 0 unspecified atom stereocenters. The van der Waals surface area contributed by atoms with Gasteiger partial charge >= 0.3 is 0 Å². The van der Waals surface area contributed by atoms with Crippen molar-refractivity contribution in [2.24, 2.45) is 0 Å². The largest absolute Gasteiger partial charge is 0.384 e. The van der Waals surface area contributed by atoms with Gasteiger partial charge in [0.2, 0.25) is 0 Å². The number of halogens is 1. The van der Waals surface area contributed by atoms with E-state index in [-0.39, 0.29) is 0 Å². The van der Waals surface area contributed by atoms with Crippen LogP contribution in [0.2, 0.25) is 0 Å². The van der Waals surface area contributed by atoms with Gasteiger partial charge in [0, 0.05) is 35.3 Å². The van der Waals surface area contributed by atoms with Crippen LogP contribution in [-0.2, 0) is 10.2 Å². The molecular weight excluding hydrogens is 254 g/mol. The molecule has 2 heterocycles. The van der Waals surface area contributed by atoms with E-state index in [0.717, 1.165) is 32.6 Å². The van der Waals surface area contributed by atoms with Crippen molar-refractivity contribution in [2.45, 2.75) is 18.3 Å². The Morgan fingerprint density at radius 1 is 1.27 bits per heavy atom. The van der Waals surface area contributed by atoms with Crippen molar-refractivity contribution in [3.05, 3.63) is 28.2 Å². The van der Waals surface area contributed by atoms with Crippen LogP contribution in [0.1, 0.15) is 18.4 Å². The molecule has 2 nitrogen and oxygen atoms in total. The number of rotatable bonds is 0. The van der Waals surface area contributed by atoms with Crippen LogP contribution in [-0.4, -0.2) is 19.8 Å². The second-order valence-electron chi connectivity index (χ2n) is 4.41. The monoisotopic (exact) mass is 267 g/mol. The minimum absolute atomic E-state index is 0.313. The summed E-state index contributed by atoms with van der Waals surface area (Å²) in [4.78, 5) is 0. The highest BCUT2D eigenvalue weighted by atomic mass is 79.9. The van der Waals surface area contributed by atoms with E-state index in [2.05, 4.69) is 39.4 Å². The number of ether oxygens (including phenoxy) is 1. The first-order valence-electron chi connectivity index (χ1n) is 5.42. The van der Waals surface area contributed by atoms with Crippen LogP contribution in [0, 0.1) is 0 Å². The summed E-state index contributed by atoms with van der Waals surface area (Å²) in [7, 11) is 0. The molecule has 0 amide bonds. The Balaban J connectivity index is 2.09. The van der Waals surface area contributed by atoms with Gasteiger partial charge in [0.1, 0.15) is 0 Å². The van der Waals surface area contributed by atoms with Crippen molar-refractivity contribution < 1.29 is 4.74 Å². The number of anilines is 1. The molecule has 0 saturated carbocycles. The molecule has 1 fully saturated rings. The number of hydrogen-bond acceptors (Lipinski definition) is 2. The zero-order valence-corrected chi connectivity index (χ0v) is 10.1. The fourth-order valence-electron chi connectivity index (χ4n) is 2.75. The maximum Gasteiger partial charge on any atom is 0.0475 e. The van der Waals surface area contributed by atoms with Gasteiger partial charge in [-0.15, -0.1) is 0 Å². The lowest BCUT2D eigenvalue weighted by Gasteiger charge is -2.33. The van der Waals surface area contributed by atoms with Gasteiger partial charge in [-0.3, -0.25) is 0 Å². The fourth-order valence-corrected chi connectivity index (χ4v) is 3.54. The summed E-state index contributed by atoms with van der Waals surface area (Å²) in [6, 6.07) is 6.40. The van der Waals surface area contributed by atoms with Crippen LogP contribution in [0.4, 0.5) is 5.69 Å². The molecule has 2 aliphatic heterocycles. The van der Waals surface area contributed by atoms with Crippen molar-refractivity contribution in [3.8, 4) is 0 Å². The molecule has 0 aliphatic carbocycles. The molecule has 1 saturated heterocycles. The molecule has 2 aliphatic rings. The van der Waals surface area contributed by atoms with E-state index in [1.54, 1.807) is 0 Å². The zero-order chi connectivity index (χ0) is 10.3. The second kappa shape index (κ2) is 3.49. The Morgan fingerprint density at radius 2 is 2.07 bits per heavy atom. The third-order valence-electron chi connectivity index (χ3n) is 3.61. The molecule has 3 rings (SSSR count). The normalized spacial score (nSPS) is 22.5. The van der Waals surface area contributed by atoms with Crippen LogP contribution in [0.25, 0.3) is 0 Å². The molecular formula is C12H14BrNO. The first kappa shape index (κ1) is 9.67. The Hall–Kier alpha value is -0.540. The van der Waals surface area contributed by atoms with Gasteiger partial charge in [0.05, 0.1) is 0 Å². The predicted molar refractivity (Wildman–Crippen MR) is 64.4 cm³/mol. The summed E-state index contributed by atoms with van der Waals surface area (Å²) in [5, 5.41) is 3.52. The number of nitrogens with one attached hydrogen (secondary N) is 1. The highest BCUT2D eigenvalue weighted by Gasteiger charge is 2.41. The van der Waals surface area contributed by atoms with Crippen LogP contribution >= 0.6 is 15.9 Å². The van der Waals surface area contributed by atoms with Crippen LogP contribution in [0.5, 0.6) is 0 Å². The van der Waals surface area contributed by atoms with E-state index < -0.39 is 0 Å². The van der Waals surface area contributed by atoms with Crippen LogP contribution in [0.3, 0.4) is 0 Å². The summed E-state index contributed by atoms with van der Waals surface area (Å²) in [5.74, 6) is 0. The molecule has 0 bridgehead atoms. The predicted octanol–water partition coefficient (Wildman–Crippen LogP) is 2.92. The lowest BCUT2D eigenvalue weighted by molar-refractivity contribution is 0.0565. The molecule has 1 aromatic rings. The van der Waals surface area contributed by atoms with Gasteiger partial charge in [0.15, 0.2) is 0 Å². The van der Waals surface area contributed by atoms with Crippen molar-refractivity contribution >= 4 is 21.6 Å². The first-order chi connectivity index (χ1) is 7.32. The molecule has 80 valence electrons. The Labute approximate surface area is 98.1 Å². The molecule has 0 aromatic heterocycles. The van der Waals surface area contributed by atoms with E-state index in [9.17, 15) is 0 Å². The van der Waals surface area contributed by atoms with Crippen LogP contribution in [0.15, 0.2) is 22.7 Å². The number of hydrogen-bond donors (Lipinski definition) is 1. The molecule has 1 spiro atoms. The van der Waals surface area contributed by atoms with Crippen molar-refractivity contribution in [3.63, 3.8) is 0 Å². The third kappa shape index (κ3) is 1.41. The topological polar surface area (TPSA) is 21.3 Å². The Morgan fingerprint density at radius 3 is 2.87 bits per heavy atom. The van der Waals surface area contributed by atoms with E-state index >= 15 is 0 Å². The Kier molecular flexibility index (Phi) is 2.25. The average Bonchev–Trinajstić information content (AvgIpc) is 2.60. The van der Waals surface area contributed by atoms with Crippen LogP contribution < -0.4 is 5.32 Å². The maximum atomic E-state index is 5.47. The van der Waals surface area contributed by atoms with E-state index in [1.165, 1.54) is 15.7 Å². The molecule has 1 N–H and O–H groups in total. The van der Waals surface area contributed by atoms with Gasteiger partial charge in [-0.05, 0) is 30.5 Å². The number of benzene rings is 1. The smallest absolute Gasteiger partial charge is 0.0475 e. The molecule has 0 atom stereocenters. The maximum absolute atomic E-state index is 5.47. The van der Waals surface area contributed by atoms with Gasteiger partial charge in [-0.25, -0.2) is 0 Å². The van der Waals surface area contributed by atoms with E-state index in [4.69, 9.17) is 4.74 Å². The summed E-state index contributed by atoms with van der Waals surface area (Å²) >= 11 is 3.68. The fraction of sp³-hybridized carbons (Fsp3) is 0.500. The van der Waals surface area contributed by atoms with Gasteiger partial charge in [-0.2, -0.15) is 0 Å². The van der Waals surface area contributed by atoms with E-state index in [0.29, 0.717) is 5.41 Å². The zero-order valence-electron chi connectivity index (χ0n) is 8.55. The summed E-state index contributed by atoms with van der Waals surface area (Å²) in [6.45, 7) is 2.85. The van der Waals surface area contributed by atoms with Gasteiger partial charge in [-0.1, -0.05) is 22.0 Å². The lowest BCUT2D eigenvalue weighted by atomic mass is 9.76. The minimum Gasteiger partial charge on any atom is -0.384 e. The summed E-state index contributed by atoms with van der Waals surface area (Å²) < 4.78 is 6.71. The van der Waals surface area contributed by atoms with E-state index in [1.807, 2.05) is 0 Å². The van der Waals surface area contributed by atoms with Gasteiger partial charge in [0.25, 0.3) is 0 Å². The van der Waals surface area contributed by atoms with Gasteiger partial charge < -0.3 is 10.1 Å².